The van der Waals surface area contributed by atoms with E-state index in [0.29, 0.717) is 12.5 Å². The molecule has 0 aliphatic heterocycles. The number of rotatable bonds is 6. The largest absolute Gasteiger partial charge is 0.409 e. The summed E-state index contributed by atoms with van der Waals surface area (Å²) in [5.41, 5.74) is 5.28. The van der Waals surface area contributed by atoms with Gasteiger partial charge in [0.1, 0.15) is 5.84 Å². The van der Waals surface area contributed by atoms with Crippen molar-refractivity contribution in [3.05, 3.63) is 0 Å². The molecule has 0 saturated heterocycles. The molecule has 0 aliphatic carbocycles. The quantitative estimate of drug-likeness (QED) is 0.300. The maximum absolute atomic E-state index is 11.6. The van der Waals surface area contributed by atoms with Crippen molar-refractivity contribution < 1.29 is 10.0 Å². The Morgan fingerprint density at radius 2 is 2.13 bits per heavy atom. The summed E-state index contributed by atoms with van der Waals surface area (Å²) in [5.74, 6) is 0.344. The van der Waals surface area contributed by atoms with E-state index in [1.807, 2.05) is 6.92 Å². The molecule has 0 rings (SSSR count). The average Bonchev–Trinajstić information content (AvgIpc) is 2.24. The van der Waals surface area contributed by atoms with Crippen LogP contribution in [0.4, 0.5) is 0 Å². The van der Waals surface area contributed by atoms with Crippen molar-refractivity contribution in [1.82, 2.24) is 4.90 Å². The summed E-state index contributed by atoms with van der Waals surface area (Å²) in [6.45, 7) is 7.49. The molecule has 0 aliphatic rings. The van der Waals surface area contributed by atoms with Gasteiger partial charge in [-0.1, -0.05) is 25.4 Å². The number of nitrogens with zero attached hydrogens (tertiary/aromatic N) is 2. The van der Waals surface area contributed by atoms with Gasteiger partial charge in [0, 0.05) is 13.1 Å². The lowest BCUT2D eigenvalue weighted by Crippen LogP contribution is -2.36. The van der Waals surface area contributed by atoms with Crippen molar-refractivity contribution >= 4 is 11.7 Å². The highest BCUT2D eigenvalue weighted by atomic mass is 16.4. The van der Waals surface area contributed by atoms with Gasteiger partial charge in [-0.05, 0) is 12.8 Å². The number of carbonyl (C=O) groups is 1. The minimum atomic E-state index is -0.0897. The van der Waals surface area contributed by atoms with Crippen molar-refractivity contribution in [2.75, 3.05) is 13.1 Å². The smallest absolute Gasteiger partial charge is 0.230 e. The topological polar surface area (TPSA) is 78.9 Å². The fraction of sp³-hybridized carbons (Fsp3) is 0.800. The number of hydrogen-bond donors (Lipinski definition) is 2. The van der Waals surface area contributed by atoms with E-state index in [2.05, 4.69) is 19.0 Å². The lowest BCUT2D eigenvalue weighted by Gasteiger charge is -2.23. The van der Waals surface area contributed by atoms with E-state index in [1.54, 1.807) is 4.90 Å². The van der Waals surface area contributed by atoms with Crippen molar-refractivity contribution in [1.29, 1.82) is 0 Å². The van der Waals surface area contributed by atoms with E-state index >= 15 is 0 Å². The highest BCUT2D eigenvalue weighted by Gasteiger charge is 2.15. The van der Waals surface area contributed by atoms with E-state index in [0.717, 1.165) is 13.0 Å². The first-order chi connectivity index (χ1) is 7.04. The fourth-order valence-corrected chi connectivity index (χ4v) is 1.21. The third kappa shape index (κ3) is 5.24. The van der Waals surface area contributed by atoms with Crippen molar-refractivity contribution in [2.45, 2.75) is 33.6 Å². The van der Waals surface area contributed by atoms with Crippen LogP contribution in [0.25, 0.3) is 0 Å². The summed E-state index contributed by atoms with van der Waals surface area (Å²) in [6.07, 6.45) is 1.02. The number of carbonyl (C=O) groups excluding carboxylic acids is 1. The first-order valence-electron chi connectivity index (χ1n) is 5.29. The molecule has 0 radical (unpaired) electrons. The Kier molecular flexibility index (Phi) is 6.49. The highest BCUT2D eigenvalue weighted by Crippen LogP contribution is 2.05. The molecule has 3 N–H and O–H groups in total. The third-order valence-electron chi connectivity index (χ3n) is 2.42. The van der Waals surface area contributed by atoms with Gasteiger partial charge in [-0.3, -0.25) is 4.79 Å². The molecule has 0 aromatic carbocycles. The minimum Gasteiger partial charge on any atom is -0.409 e. The molecule has 0 spiro atoms. The number of hydrogen-bond acceptors (Lipinski definition) is 3. The maximum Gasteiger partial charge on any atom is 0.230 e. The van der Waals surface area contributed by atoms with Crippen LogP contribution >= 0.6 is 0 Å². The zero-order valence-electron chi connectivity index (χ0n) is 9.73. The molecule has 0 fully saturated rings. The molecule has 1 amide bonds. The summed E-state index contributed by atoms with van der Waals surface area (Å²) in [5, 5.41) is 11.1. The first kappa shape index (κ1) is 13.7. The molecular formula is C10H21N3O2. The lowest BCUT2D eigenvalue weighted by molar-refractivity contribution is -0.130. The molecule has 88 valence electrons. The van der Waals surface area contributed by atoms with Crippen LogP contribution < -0.4 is 5.73 Å². The van der Waals surface area contributed by atoms with Crippen molar-refractivity contribution in [2.24, 2.45) is 16.8 Å². The molecular weight excluding hydrogens is 194 g/mol. The van der Waals surface area contributed by atoms with Gasteiger partial charge in [0.25, 0.3) is 0 Å². The Hall–Kier alpha value is -1.26. The van der Waals surface area contributed by atoms with Gasteiger partial charge in [0.15, 0.2) is 0 Å². The number of nitrogens with two attached hydrogens (primary N) is 1. The zero-order valence-corrected chi connectivity index (χ0v) is 9.73. The SMILES string of the molecule is CCC(C)CN(CC)C(=O)CC(N)=NO. The standard InChI is InChI=1S/C10H21N3O2/c1-4-8(3)7-13(5-2)10(14)6-9(11)12-15/h8,15H,4-7H2,1-3H3,(H2,11,12). The van der Waals surface area contributed by atoms with E-state index in [1.165, 1.54) is 0 Å². The second-order valence-electron chi connectivity index (χ2n) is 3.71. The molecule has 15 heavy (non-hydrogen) atoms. The van der Waals surface area contributed by atoms with Crippen molar-refractivity contribution in [3.8, 4) is 0 Å². The Bertz CT molecular complexity index is 229. The summed E-state index contributed by atoms with van der Waals surface area (Å²) in [6, 6.07) is 0. The normalized spacial score (nSPS) is 13.7. The molecule has 1 unspecified atom stereocenters. The number of amidine groups is 1. The van der Waals surface area contributed by atoms with Gasteiger partial charge in [-0.2, -0.15) is 0 Å². The van der Waals surface area contributed by atoms with Crippen LogP contribution in [-0.2, 0) is 4.79 Å². The minimum absolute atomic E-state index is 0.0131. The van der Waals surface area contributed by atoms with E-state index in [9.17, 15) is 4.79 Å². The molecule has 5 heteroatoms. The number of oxime groups is 1. The van der Waals surface area contributed by atoms with Gasteiger partial charge >= 0.3 is 0 Å². The van der Waals surface area contributed by atoms with Gasteiger partial charge in [0.05, 0.1) is 6.42 Å². The first-order valence-corrected chi connectivity index (χ1v) is 5.29. The maximum atomic E-state index is 11.6. The Labute approximate surface area is 90.9 Å². The molecule has 0 saturated carbocycles. The van der Waals surface area contributed by atoms with Gasteiger partial charge in [0.2, 0.25) is 5.91 Å². The van der Waals surface area contributed by atoms with Crippen LogP contribution in [0.5, 0.6) is 0 Å². The molecule has 0 heterocycles. The zero-order chi connectivity index (χ0) is 11.8. The van der Waals surface area contributed by atoms with E-state index in [-0.39, 0.29) is 18.2 Å². The van der Waals surface area contributed by atoms with Crippen LogP contribution in [-0.4, -0.2) is 34.9 Å². The predicted molar refractivity (Wildman–Crippen MR) is 59.7 cm³/mol. The van der Waals surface area contributed by atoms with E-state index < -0.39 is 0 Å². The Balaban J connectivity index is 4.22. The number of amides is 1. The molecule has 0 bridgehead atoms. The van der Waals surface area contributed by atoms with Crippen LogP contribution in [0.1, 0.15) is 33.6 Å². The van der Waals surface area contributed by atoms with Crippen molar-refractivity contribution in [3.63, 3.8) is 0 Å². The lowest BCUT2D eigenvalue weighted by atomic mass is 10.1. The van der Waals surface area contributed by atoms with E-state index in [4.69, 9.17) is 10.9 Å². The van der Waals surface area contributed by atoms with Gasteiger partial charge in [-0.25, -0.2) is 0 Å². The average molecular weight is 215 g/mol. The van der Waals surface area contributed by atoms with Crippen LogP contribution in [0.2, 0.25) is 0 Å². The fourth-order valence-electron chi connectivity index (χ4n) is 1.21. The predicted octanol–water partition coefficient (Wildman–Crippen LogP) is 1.02. The highest BCUT2D eigenvalue weighted by molar-refractivity contribution is 5.98. The molecule has 0 aromatic heterocycles. The summed E-state index contributed by atoms with van der Waals surface area (Å²) >= 11 is 0. The van der Waals surface area contributed by atoms with Crippen LogP contribution in [0, 0.1) is 5.92 Å². The second kappa shape index (κ2) is 7.09. The van der Waals surface area contributed by atoms with Gasteiger partial charge in [-0.15, -0.1) is 0 Å². The molecule has 1 atom stereocenters. The summed E-state index contributed by atoms with van der Waals surface area (Å²) in [4.78, 5) is 13.4. The molecule has 5 nitrogen and oxygen atoms in total. The van der Waals surface area contributed by atoms with Crippen LogP contribution in [0.15, 0.2) is 5.16 Å². The Morgan fingerprint density at radius 3 is 2.53 bits per heavy atom. The van der Waals surface area contributed by atoms with Crippen LogP contribution in [0.3, 0.4) is 0 Å². The summed E-state index contributed by atoms with van der Waals surface area (Å²) < 4.78 is 0. The summed E-state index contributed by atoms with van der Waals surface area (Å²) in [7, 11) is 0. The second-order valence-corrected chi connectivity index (χ2v) is 3.71. The third-order valence-corrected chi connectivity index (χ3v) is 2.42. The molecule has 0 aromatic rings. The monoisotopic (exact) mass is 215 g/mol. The van der Waals surface area contributed by atoms with Gasteiger partial charge < -0.3 is 15.8 Å². The Morgan fingerprint density at radius 1 is 1.53 bits per heavy atom.